The minimum Gasteiger partial charge on any atom is -0.382 e. The third kappa shape index (κ3) is 5.23. The van der Waals surface area contributed by atoms with Crippen molar-refractivity contribution in [2.75, 3.05) is 20.3 Å². The first-order valence-corrected chi connectivity index (χ1v) is 7.34. The maximum atomic E-state index is 12.1. The number of benzene rings is 1. The second-order valence-electron chi connectivity index (χ2n) is 5.13. The molecular formula is C15H22BrNO3. The van der Waals surface area contributed by atoms with E-state index in [-0.39, 0.29) is 5.91 Å². The first-order chi connectivity index (χ1) is 9.36. The van der Waals surface area contributed by atoms with Crippen LogP contribution in [0.1, 0.15) is 26.3 Å². The largest absolute Gasteiger partial charge is 0.382 e. The monoisotopic (exact) mass is 343 g/mol. The van der Waals surface area contributed by atoms with Crippen LogP contribution in [0.2, 0.25) is 0 Å². The molecule has 0 bridgehead atoms. The zero-order valence-corrected chi connectivity index (χ0v) is 14.0. The summed E-state index contributed by atoms with van der Waals surface area (Å²) in [6, 6.07) is 7.89. The molecule has 0 spiro atoms. The number of carbonyl (C=O) groups excluding carboxylic acids is 1. The first kappa shape index (κ1) is 17.1. The highest BCUT2D eigenvalue weighted by molar-refractivity contribution is 9.10. The predicted octanol–water partition coefficient (Wildman–Crippen LogP) is 2.85. The number of rotatable bonds is 7. The Morgan fingerprint density at radius 2 is 1.90 bits per heavy atom. The van der Waals surface area contributed by atoms with Gasteiger partial charge in [0.25, 0.3) is 0 Å². The topological polar surface area (TPSA) is 47.6 Å². The zero-order valence-electron chi connectivity index (χ0n) is 12.4. The van der Waals surface area contributed by atoms with Crippen LogP contribution in [0.25, 0.3) is 0 Å². The van der Waals surface area contributed by atoms with Gasteiger partial charge in [-0.15, -0.1) is 0 Å². The molecule has 1 aromatic rings. The van der Waals surface area contributed by atoms with E-state index in [9.17, 15) is 4.79 Å². The minimum absolute atomic E-state index is 0.131. The summed E-state index contributed by atoms with van der Waals surface area (Å²) in [7, 11) is 1.60. The number of hydrogen-bond acceptors (Lipinski definition) is 3. The van der Waals surface area contributed by atoms with Crippen LogP contribution in [-0.4, -0.2) is 32.3 Å². The molecule has 0 aliphatic carbocycles. The molecule has 0 fully saturated rings. The summed E-state index contributed by atoms with van der Waals surface area (Å²) >= 11 is 3.40. The Kier molecular flexibility index (Phi) is 6.65. The van der Waals surface area contributed by atoms with E-state index in [4.69, 9.17) is 9.47 Å². The van der Waals surface area contributed by atoms with Gasteiger partial charge in [-0.25, -0.2) is 0 Å². The van der Waals surface area contributed by atoms with Crippen molar-refractivity contribution >= 4 is 21.8 Å². The lowest BCUT2D eigenvalue weighted by molar-refractivity contribution is -0.134. The standard InChI is InChI=1S/C15H22BrNO3/c1-11(20-10-9-19-4)14(18)17-15(2,3)12-5-7-13(16)8-6-12/h5-8,11H,9-10H2,1-4H3,(H,17,18). The van der Waals surface area contributed by atoms with Crippen LogP contribution in [0.15, 0.2) is 28.7 Å². The fourth-order valence-corrected chi connectivity index (χ4v) is 2.00. The summed E-state index contributed by atoms with van der Waals surface area (Å²) in [5, 5.41) is 3.00. The van der Waals surface area contributed by atoms with Crippen LogP contribution in [0.4, 0.5) is 0 Å². The summed E-state index contributed by atoms with van der Waals surface area (Å²) in [5.74, 6) is -0.131. The Morgan fingerprint density at radius 1 is 1.30 bits per heavy atom. The van der Waals surface area contributed by atoms with Crippen molar-refractivity contribution in [1.82, 2.24) is 5.32 Å². The van der Waals surface area contributed by atoms with Crippen molar-refractivity contribution in [3.63, 3.8) is 0 Å². The third-order valence-electron chi connectivity index (χ3n) is 3.03. The molecule has 1 N–H and O–H groups in total. The van der Waals surface area contributed by atoms with Gasteiger partial charge in [0.2, 0.25) is 5.91 Å². The fraction of sp³-hybridized carbons (Fsp3) is 0.533. The van der Waals surface area contributed by atoms with E-state index >= 15 is 0 Å². The van der Waals surface area contributed by atoms with Gasteiger partial charge in [0.15, 0.2) is 0 Å². The van der Waals surface area contributed by atoms with Crippen LogP contribution in [0.3, 0.4) is 0 Å². The fourth-order valence-electron chi connectivity index (χ4n) is 1.73. The van der Waals surface area contributed by atoms with E-state index in [0.717, 1.165) is 10.0 Å². The van der Waals surface area contributed by atoms with Gasteiger partial charge in [-0.05, 0) is 38.5 Å². The Balaban J connectivity index is 2.60. The molecule has 1 unspecified atom stereocenters. The third-order valence-corrected chi connectivity index (χ3v) is 3.55. The molecule has 0 aliphatic rings. The summed E-state index contributed by atoms with van der Waals surface area (Å²) < 4.78 is 11.3. The van der Waals surface area contributed by atoms with Crippen LogP contribution in [0, 0.1) is 0 Å². The number of hydrogen-bond donors (Lipinski definition) is 1. The maximum Gasteiger partial charge on any atom is 0.249 e. The Bertz CT molecular complexity index is 431. The predicted molar refractivity (Wildman–Crippen MR) is 82.6 cm³/mol. The smallest absolute Gasteiger partial charge is 0.249 e. The molecule has 0 aliphatic heterocycles. The highest BCUT2D eigenvalue weighted by atomic mass is 79.9. The molecule has 112 valence electrons. The van der Waals surface area contributed by atoms with Crippen molar-refractivity contribution in [1.29, 1.82) is 0 Å². The van der Waals surface area contributed by atoms with Crippen LogP contribution < -0.4 is 5.32 Å². The van der Waals surface area contributed by atoms with Crippen LogP contribution in [-0.2, 0) is 19.8 Å². The second kappa shape index (κ2) is 7.76. The molecule has 0 radical (unpaired) electrons. The number of amides is 1. The molecule has 0 saturated carbocycles. The molecule has 0 aromatic heterocycles. The minimum atomic E-state index is -0.500. The number of carbonyl (C=O) groups is 1. The van der Waals surface area contributed by atoms with Gasteiger partial charge in [0.1, 0.15) is 6.10 Å². The molecule has 0 heterocycles. The normalized spacial score (nSPS) is 13.1. The van der Waals surface area contributed by atoms with Gasteiger partial charge in [-0.2, -0.15) is 0 Å². The molecule has 1 amide bonds. The summed E-state index contributed by atoms with van der Waals surface area (Å²) in [4.78, 5) is 12.1. The number of methoxy groups -OCH3 is 1. The van der Waals surface area contributed by atoms with Gasteiger partial charge >= 0.3 is 0 Å². The zero-order chi connectivity index (χ0) is 15.2. The molecular weight excluding hydrogens is 322 g/mol. The van der Waals surface area contributed by atoms with Gasteiger partial charge in [0.05, 0.1) is 18.8 Å². The van der Waals surface area contributed by atoms with Gasteiger partial charge in [-0.1, -0.05) is 28.1 Å². The van der Waals surface area contributed by atoms with E-state index in [2.05, 4.69) is 21.2 Å². The lowest BCUT2D eigenvalue weighted by atomic mass is 9.94. The molecule has 4 nitrogen and oxygen atoms in total. The summed E-state index contributed by atoms with van der Waals surface area (Å²) in [6.45, 7) is 6.56. The molecule has 0 saturated heterocycles. The molecule has 1 aromatic carbocycles. The Labute approximate surface area is 129 Å². The lowest BCUT2D eigenvalue weighted by Crippen LogP contribution is -2.46. The average molecular weight is 344 g/mol. The van der Waals surface area contributed by atoms with Crippen LogP contribution in [0.5, 0.6) is 0 Å². The van der Waals surface area contributed by atoms with Gasteiger partial charge < -0.3 is 14.8 Å². The maximum absolute atomic E-state index is 12.1. The van der Waals surface area contributed by atoms with E-state index in [1.807, 2.05) is 38.1 Å². The van der Waals surface area contributed by atoms with E-state index < -0.39 is 11.6 Å². The van der Waals surface area contributed by atoms with Crippen molar-refractivity contribution in [2.45, 2.75) is 32.4 Å². The highest BCUT2D eigenvalue weighted by Gasteiger charge is 2.25. The van der Waals surface area contributed by atoms with Gasteiger partial charge in [0, 0.05) is 11.6 Å². The van der Waals surface area contributed by atoms with E-state index in [1.54, 1.807) is 14.0 Å². The van der Waals surface area contributed by atoms with Crippen molar-refractivity contribution < 1.29 is 14.3 Å². The van der Waals surface area contributed by atoms with Crippen molar-refractivity contribution in [3.8, 4) is 0 Å². The van der Waals surface area contributed by atoms with Crippen molar-refractivity contribution in [2.24, 2.45) is 0 Å². The lowest BCUT2D eigenvalue weighted by Gasteiger charge is -2.28. The SMILES string of the molecule is COCCOC(C)C(=O)NC(C)(C)c1ccc(Br)cc1. The number of nitrogens with one attached hydrogen (secondary N) is 1. The number of ether oxygens (including phenoxy) is 2. The number of halogens is 1. The second-order valence-corrected chi connectivity index (χ2v) is 6.04. The van der Waals surface area contributed by atoms with E-state index in [0.29, 0.717) is 13.2 Å². The molecule has 20 heavy (non-hydrogen) atoms. The van der Waals surface area contributed by atoms with Gasteiger partial charge in [-0.3, -0.25) is 4.79 Å². The summed E-state index contributed by atoms with van der Waals surface area (Å²) in [6.07, 6.45) is -0.500. The Hall–Kier alpha value is -0.910. The van der Waals surface area contributed by atoms with E-state index in [1.165, 1.54) is 0 Å². The quantitative estimate of drug-likeness (QED) is 0.774. The molecule has 5 heteroatoms. The highest BCUT2D eigenvalue weighted by Crippen LogP contribution is 2.22. The first-order valence-electron chi connectivity index (χ1n) is 6.55. The molecule has 1 rings (SSSR count). The van der Waals surface area contributed by atoms with Crippen LogP contribution >= 0.6 is 15.9 Å². The summed E-state index contributed by atoms with van der Waals surface area (Å²) in [5.41, 5.74) is 0.592. The Morgan fingerprint density at radius 3 is 2.45 bits per heavy atom. The average Bonchev–Trinajstić information content (AvgIpc) is 2.38. The van der Waals surface area contributed by atoms with Crippen molar-refractivity contribution in [3.05, 3.63) is 34.3 Å². The molecule has 1 atom stereocenters.